The van der Waals surface area contributed by atoms with Gasteiger partial charge in [0.15, 0.2) is 0 Å². The maximum Gasteiger partial charge on any atom is 0.337 e. The van der Waals surface area contributed by atoms with Crippen molar-refractivity contribution in [2.24, 2.45) is 0 Å². The highest BCUT2D eigenvalue weighted by Gasteiger charge is 2.35. The average molecular weight is 665 g/mol. The zero-order valence-corrected chi connectivity index (χ0v) is 28.2. The number of nitrogens with zero attached hydrogens (tertiary/aromatic N) is 2. The van der Waals surface area contributed by atoms with Crippen LogP contribution in [0.15, 0.2) is 84.9 Å². The van der Waals surface area contributed by atoms with E-state index < -0.39 is 17.2 Å². The summed E-state index contributed by atoms with van der Waals surface area (Å²) in [6, 6.07) is 25.7. The van der Waals surface area contributed by atoms with Gasteiger partial charge in [0.25, 0.3) is 11.8 Å². The molecule has 4 aromatic rings. The number of aliphatic hydroxyl groups is 2. The number of methoxy groups -OCH3 is 1. The highest BCUT2D eigenvalue weighted by molar-refractivity contribution is 6.01. The molecule has 2 aliphatic rings. The van der Waals surface area contributed by atoms with E-state index in [1.807, 2.05) is 42.5 Å². The van der Waals surface area contributed by atoms with Crippen LogP contribution in [0.3, 0.4) is 0 Å². The molecule has 49 heavy (non-hydrogen) atoms. The molecule has 0 unspecified atom stereocenters. The number of hydrogen-bond acceptors (Lipinski definition) is 7. The van der Waals surface area contributed by atoms with Gasteiger partial charge < -0.3 is 29.9 Å². The van der Waals surface area contributed by atoms with E-state index in [-0.39, 0.29) is 23.3 Å². The molecule has 2 heterocycles. The Labute approximate surface area is 285 Å². The quantitative estimate of drug-likeness (QED) is 0.229. The fourth-order valence-corrected chi connectivity index (χ4v) is 5.97. The lowest BCUT2D eigenvalue weighted by Gasteiger charge is -2.25. The van der Waals surface area contributed by atoms with Gasteiger partial charge in [0.05, 0.1) is 18.2 Å². The molecule has 0 atom stereocenters. The van der Waals surface area contributed by atoms with Crippen molar-refractivity contribution >= 4 is 35.1 Å². The maximum atomic E-state index is 12.3. The van der Waals surface area contributed by atoms with Gasteiger partial charge in [0.2, 0.25) is 0 Å². The molecule has 0 saturated carbocycles. The lowest BCUT2D eigenvalue weighted by molar-refractivity contribution is -0.133. The number of carbonyl (C=O) groups is 4. The number of esters is 1. The van der Waals surface area contributed by atoms with E-state index in [2.05, 4.69) is 6.07 Å². The topological polar surface area (TPSA) is 145 Å². The van der Waals surface area contributed by atoms with E-state index in [9.17, 15) is 29.4 Å². The van der Waals surface area contributed by atoms with E-state index in [4.69, 9.17) is 9.84 Å². The van der Waals surface area contributed by atoms with Gasteiger partial charge in [-0.1, -0.05) is 36.4 Å². The van der Waals surface area contributed by atoms with Crippen molar-refractivity contribution in [1.29, 1.82) is 0 Å². The van der Waals surface area contributed by atoms with Crippen LogP contribution >= 0.6 is 0 Å². The van der Waals surface area contributed by atoms with Crippen LogP contribution in [-0.4, -0.2) is 70.5 Å². The van der Waals surface area contributed by atoms with Crippen LogP contribution in [0.1, 0.15) is 59.5 Å². The molecule has 10 heteroatoms. The third-order valence-corrected chi connectivity index (χ3v) is 8.59. The van der Waals surface area contributed by atoms with E-state index in [1.165, 1.54) is 34.8 Å². The second-order valence-electron chi connectivity index (χ2n) is 13.2. The van der Waals surface area contributed by atoms with Crippen LogP contribution in [0.25, 0.3) is 22.3 Å². The summed E-state index contributed by atoms with van der Waals surface area (Å²) in [7, 11) is 1.36. The number of rotatable bonds is 6. The molecule has 2 amide bonds. The Morgan fingerprint density at radius 3 is 1.31 bits per heavy atom. The number of hydrogen-bond donors (Lipinski definition) is 3. The minimum absolute atomic E-state index is 0.252. The lowest BCUT2D eigenvalue weighted by Crippen LogP contribution is -2.44. The monoisotopic (exact) mass is 664 g/mol. The molecular weight excluding hydrogens is 624 g/mol. The summed E-state index contributed by atoms with van der Waals surface area (Å²) in [5.41, 5.74) is 5.69. The SMILES string of the molecule is CC(C)(O)C(=O)N1CCc2cc(-c3ccc(C(=O)O)cc3)ccc21.COC(=O)c1ccc(-c2ccc3c(c2)CCN3C(=O)C(C)(C)O)cc1. The number of carboxylic acid groups (broad SMARTS) is 1. The van der Waals surface area contributed by atoms with Gasteiger partial charge in [-0.15, -0.1) is 0 Å². The van der Waals surface area contributed by atoms with Crippen LogP contribution in [0.2, 0.25) is 0 Å². The van der Waals surface area contributed by atoms with Gasteiger partial charge >= 0.3 is 11.9 Å². The molecule has 6 rings (SSSR count). The normalized spacial score (nSPS) is 13.6. The summed E-state index contributed by atoms with van der Waals surface area (Å²) < 4.78 is 4.71. The highest BCUT2D eigenvalue weighted by atomic mass is 16.5. The number of aromatic carboxylic acids is 1. The maximum absolute atomic E-state index is 12.3. The summed E-state index contributed by atoms with van der Waals surface area (Å²) >= 11 is 0. The summed E-state index contributed by atoms with van der Waals surface area (Å²) in [5.74, 6) is -1.90. The Hall–Kier alpha value is -5.32. The molecule has 0 spiro atoms. The zero-order valence-electron chi connectivity index (χ0n) is 28.2. The Kier molecular flexibility index (Phi) is 9.76. The summed E-state index contributed by atoms with van der Waals surface area (Å²) in [5, 5.41) is 28.9. The Morgan fingerprint density at radius 2 is 0.959 bits per heavy atom. The average Bonchev–Trinajstić information content (AvgIpc) is 3.70. The van der Waals surface area contributed by atoms with Crippen molar-refractivity contribution in [2.75, 3.05) is 30.0 Å². The molecule has 3 N–H and O–H groups in total. The molecule has 0 fully saturated rings. The first-order valence-corrected chi connectivity index (χ1v) is 16.0. The molecule has 10 nitrogen and oxygen atoms in total. The number of benzene rings is 4. The fourth-order valence-electron chi connectivity index (χ4n) is 5.97. The first kappa shape index (κ1) is 35.0. The molecule has 4 aromatic carbocycles. The van der Waals surface area contributed by atoms with E-state index >= 15 is 0 Å². The van der Waals surface area contributed by atoms with Crippen LogP contribution in [0.5, 0.6) is 0 Å². The number of carbonyl (C=O) groups excluding carboxylic acids is 3. The molecule has 0 bridgehead atoms. The third kappa shape index (κ3) is 7.56. The Morgan fingerprint density at radius 1 is 0.592 bits per heavy atom. The lowest BCUT2D eigenvalue weighted by atomic mass is 10.0. The summed E-state index contributed by atoms with van der Waals surface area (Å²) in [6.07, 6.45) is 1.49. The zero-order chi connectivity index (χ0) is 35.7. The number of anilines is 2. The van der Waals surface area contributed by atoms with Crippen molar-refractivity contribution < 1.29 is 39.2 Å². The molecule has 254 valence electrons. The van der Waals surface area contributed by atoms with Gasteiger partial charge in [0.1, 0.15) is 11.2 Å². The molecule has 0 radical (unpaired) electrons. The number of ether oxygens (including phenoxy) is 1. The van der Waals surface area contributed by atoms with Gasteiger partial charge in [-0.2, -0.15) is 0 Å². The number of amides is 2. The first-order chi connectivity index (χ1) is 23.1. The third-order valence-electron chi connectivity index (χ3n) is 8.59. The standard InChI is InChI=1S/C20H21NO4.C19H19NO4/c1-20(2,24)19(23)21-11-10-16-12-15(8-9-17(16)21)13-4-6-14(7-5-13)18(22)25-3;1-19(2,24)18(23)20-10-9-15-11-14(7-8-16(15)20)12-3-5-13(6-4-12)17(21)22/h4-9,12,24H,10-11H2,1-3H3;3-8,11,24H,9-10H2,1-2H3,(H,21,22). The number of fused-ring (bicyclic) bond motifs is 2. The van der Waals surface area contributed by atoms with Crippen LogP contribution < -0.4 is 9.80 Å². The van der Waals surface area contributed by atoms with Gasteiger partial charge in [-0.3, -0.25) is 9.59 Å². The predicted octanol–water partition coefficient (Wildman–Crippen LogP) is 5.51. The van der Waals surface area contributed by atoms with Crippen LogP contribution in [0, 0.1) is 0 Å². The molecule has 0 saturated heterocycles. The second-order valence-corrected chi connectivity index (χ2v) is 13.2. The van der Waals surface area contributed by atoms with Gasteiger partial charge in [-0.05, 0) is 122 Å². The summed E-state index contributed by atoms with van der Waals surface area (Å²) in [6.45, 7) is 7.12. The second kappa shape index (κ2) is 13.7. The van der Waals surface area contributed by atoms with E-state index in [0.29, 0.717) is 18.7 Å². The Bertz CT molecular complexity index is 1900. The van der Waals surface area contributed by atoms with Crippen molar-refractivity contribution in [3.8, 4) is 22.3 Å². The van der Waals surface area contributed by atoms with Crippen molar-refractivity contribution in [2.45, 2.75) is 51.7 Å². The molecular formula is C39H40N2O8. The minimum Gasteiger partial charge on any atom is -0.478 e. The summed E-state index contributed by atoms with van der Waals surface area (Å²) in [4.78, 5) is 50.3. The molecule has 0 aliphatic carbocycles. The minimum atomic E-state index is -1.40. The fraction of sp³-hybridized carbons (Fsp3) is 0.282. The van der Waals surface area contributed by atoms with Crippen molar-refractivity contribution in [3.63, 3.8) is 0 Å². The van der Waals surface area contributed by atoms with Gasteiger partial charge in [-0.25, -0.2) is 9.59 Å². The molecule has 0 aromatic heterocycles. The van der Waals surface area contributed by atoms with E-state index in [1.54, 1.807) is 46.2 Å². The van der Waals surface area contributed by atoms with Gasteiger partial charge in [0, 0.05) is 24.5 Å². The van der Waals surface area contributed by atoms with Crippen LogP contribution in [-0.2, 0) is 27.2 Å². The van der Waals surface area contributed by atoms with Crippen LogP contribution in [0.4, 0.5) is 11.4 Å². The largest absolute Gasteiger partial charge is 0.478 e. The first-order valence-electron chi connectivity index (χ1n) is 16.0. The number of carboxylic acids is 1. The Balaban J connectivity index is 0.000000191. The van der Waals surface area contributed by atoms with Crippen molar-refractivity contribution in [1.82, 2.24) is 0 Å². The highest BCUT2D eigenvalue weighted by Crippen LogP contribution is 2.35. The van der Waals surface area contributed by atoms with E-state index in [0.717, 1.165) is 57.6 Å². The smallest absolute Gasteiger partial charge is 0.337 e. The molecule has 2 aliphatic heterocycles. The predicted molar refractivity (Wildman–Crippen MR) is 187 cm³/mol. The van der Waals surface area contributed by atoms with Crippen molar-refractivity contribution in [3.05, 3.63) is 107 Å².